The summed E-state index contributed by atoms with van der Waals surface area (Å²) in [5, 5.41) is 10.9. The standard InChI is InChI=1S/C24H19N3O4S/c1-26-21(16-10-14-20(31-2)15-11-16)22(17-6-4-3-5-7-17)32-24(26)25-23(28)18-8-12-19(13-9-18)27(29)30/h3-15H,1-2H3. The van der Waals surface area contributed by atoms with Crippen molar-refractivity contribution in [3.8, 4) is 27.4 Å². The lowest BCUT2D eigenvalue weighted by Gasteiger charge is -2.08. The van der Waals surface area contributed by atoms with Crippen LogP contribution in [0.2, 0.25) is 0 Å². The van der Waals surface area contributed by atoms with Crippen molar-refractivity contribution in [2.24, 2.45) is 12.0 Å². The van der Waals surface area contributed by atoms with Crippen LogP contribution in [0.3, 0.4) is 0 Å². The summed E-state index contributed by atoms with van der Waals surface area (Å²) in [6.45, 7) is 0. The fourth-order valence-corrected chi connectivity index (χ4v) is 4.43. The second-order valence-electron chi connectivity index (χ2n) is 6.94. The number of methoxy groups -OCH3 is 1. The molecule has 8 heteroatoms. The van der Waals surface area contributed by atoms with E-state index < -0.39 is 10.8 Å². The first kappa shape index (κ1) is 21.2. The topological polar surface area (TPSA) is 86.7 Å². The van der Waals surface area contributed by atoms with Gasteiger partial charge in [0.05, 0.1) is 22.6 Å². The number of hydrogen-bond acceptors (Lipinski definition) is 5. The highest BCUT2D eigenvalue weighted by atomic mass is 32.1. The summed E-state index contributed by atoms with van der Waals surface area (Å²) in [6, 6.07) is 23.1. The Kier molecular flexibility index (Phi) is 5.96. The van der Waals surface area contributed by atoms with Crippen molar-refractivity contribution in [1.29, 1.82) is 0 Å². The van der Waals surface area contributed by atoms with Crippen molar-refractivity contribution in [1.82, 2.24) is 4.57 Å². The fraction of sp³-hybridized carbons (Fsp3) is 0.0833. The maximum Gasteiger partial charge on any atom is 0.279 e. The highest BCUT2D eigenvalue weighted by molar-refractivity contribution is 7.13. The molecule has 1 amide bonds. The van der Waals surface area contributed by atoms with Gasteiger partial charge in [0.2, 0.25) is 0 Å². The SMILES string of the molecule is COc1ccc(-c2c(-c3ccccc3)sc(=NC(=O)c3ccc([N+](=O)[O-])cc3)n2C)cc1. The highest BCUT2D eigenvalue weighted by Crippen LogP contribution is 2.34. The van der Waals surface area contributed by atoms with E-state index in [0.29, 0.717) is 4.80 Å². The van der Waals surface area contributed by atoms with Gasteiger partial charge in [-0.05, 0) is 47.5 Å². The number of rotatable bonds is 5. The number of amides is 1. The molecule has 4 rings (SSSR count). The molecule has 0 spiro atoms. The maximum absolute atomic E-state index is 12.8. The lowest BCUT2D eigenvalue weighted by atomic mass is 10.1. The van der Waals surface area contributed by atoms with Gasteiger partial charge in [0.25, 0.3) is 11.6 Å². The number of ether oxygens (including phenoxy) is 1. The number of non-ortho nitro benzene ring substituents is 1. The number of nitrogens with zero attached hydrogens (tertiary/aromatic N) is 3. The van der Waals surface area contributed by atoms with Crippen molar-refractivity contribution >= 4 is 22.9 Å². The second-order valence-corrected chi connectivity index (χ2v) is 7.91. The minimum Gasteiger partial charge on any atom is -0.497 e. The predicted molar refractivity (Wildman–Crippen MR) is 124 cm³/mol. The van der Waals surface area contributed by atoms with E-state index in [-0.39, 0.29) is 11.3 Å². The molecule has 32 heavy (non-hydrogen) atoms. The number of hydrogen-bond donors (Lipinski definition) is 0. The Morgan fingerprint density at radius 2 is 1.62 bits per heavy atom. The molecule has 0 aliphatic carbocycles. The van der Waals surface area contributed by atoms with Crippen molar-refractivity contribution in [2.75, 3.05) is 7.11 Å². The third kappa shape index (κ3) is 4.21. The zero-order chi connectivity index (χ0) is 22.7. The summed E-state index contributed by atoms with van der Waals surface area (Å²) in [5.74, 6) is 0.295. The number of carbonyl (C=O) groups is 1. The van der Waals surface area contributed by atoms with Gasteiger partial charge in [-0.25, -0.2) is 0 Å². The summed E-state index contributed by atoms with van der Waals surface area (Å²) >= 11 is 1.41. The maximum atomic E-state index is 12.8. The Hall–Kier alpha value is -4.04. The van der Waals surface area contributed by atoms with Gasteiger partial charge in [0, 0.05) is 24.7 Å². The van der Waals surface area contributed by atoms with Crippen LogP contribution in [0.25, 0.3) is 21.7 Å². The molecule has 0 saturated heterocycles. The lowest BCUT2D eigenvalue weighted by Crippen LogP contribution is -2.14. The molecule has 4 aromatic rings. The molecular weight excluding hydrogens is 426 g/mol. The molecule has 1 heterocycles. The summed E-state index contributed by atoms with van der Waals surface area (Å²) in [4.78, 5) is 28.9. The molecule has 0 aliphatic heterocycles. The van der Waals surface area contributed by atoms with E-state index >= 15 is 0 Å². The van der Waals surface area contributed by atoms with Gasteiger partial charge in [-0.1, -0.05) is 41.7 Å². The van der Waals surface area contributed by atoms with Gasteiger partial charge >= 0.3 is 0 Å². The van der Waals surface area contributed by atoms with Crippen LogP contribution >= 0.6 is 11.3 Å². The van der Waals surface area contributed by atoms with Crippen molar-refractivity contribution in [3.63, 3.8) is 0 Å². The summed E-state index contributed by atoms with van der Waals surface area (Å²) in [5.41, 5.74) is 3.13. The van der Waals surface area contributed by atoms with Crippen LogP contribution in [-0.2, 0) is 7.05 Å². The molecule has 0 N–H and O–H groups in total. The Morgan fingerprint density at radius 3 is 2.22 bits per heavy atom. The van der Waals surface area contributed by atoms with E-state index in [1.807, 2.05) is 66.2 Å². The Morgan fingerprint density at radius 1 is 0.969 bits per heavy atom. The number of benzene rings is 3. The van der Waals surface area contributed by atoms with Gasteiger partial charge < -0.3 is 9.30 Å². The quantitative estimate of drug-likeness (QED) is 0.317. The van der Waals surface area contributed by atoms with E-state index in [9.17, 15) is 14.9 Å². The van der Waals surface area contributed by atoms with E-state index in [0.717, 1.165) is 27.4 Å². The molecule has 0 saturated carbocycles. The van der Waals surface area contributed by atoms with E-state index in [1.165, 1.54) is 35.6 Å². The highest BCUT2D eigenvalue weighted by Gasteiger charge is 2.16. The molecular formula is C24H19N3O4S. The van der Waals surface area contributed by atoms with Crippen LogP contribution in [0.15, 0.2) is 83.9 Å². The number of nitro benzene ring substituents is 1. The summed E-state index contributed by atoms with van der Waals surface area (Å²) in [7, 11) is 3.49. The number of aromatic nitrogens is 1. The zero-order valence-corrected chi connectivity index (χ0v) is 18.2. The van der Waals surface area contributed by atoms with Crippen LogP contribution < -0.4 is 9.54 Å². The van der Waals surface area contributed by atoms with Crippen molar-refractivity contribution < 1.29 is 14.5 Å². The van der Waals surface area contributed by atoms with Gasteiger partial charge in [-0.15, -0.1) is 0 Å². The zero-order valence-electron chi connectivity index (χ0n) is 17.4. The van der Waals surface area contributed by atoms with Crippen molar-refractivity contribution in [2.45, 2.75) is 0 Å². The van der Waals surface area contributed by atoms with Gasteiger partial charge in [0.15, 0.2) is 4.80 Å². The molecule has 3 aromatic carbocycles. The summed E-state index contributed by atoms with van der Waals surface area (Å²) < 4.78 is 7.16. The second kappa shape index (κ2) is 8.99. The Bertz CT molecular complexity index is 1340. The fourth-order valence-electron chi connectivity index (χ4n) is 3.29. The first-order chi connectivity index (χ1) is 15.5. The first-order valence-electron chi connectivity index (χ1n) is 9.71. The average molecular weight is 446 g/mol. The predicted octanol–water partition coefficient (Wildman–Crippen LogP) is 5.08. The molecule has 0 unspecified atom stereocenters. The third-order valence-corrected chi connectivity index (χ3v) is 6.13. The van der Waals surface area contributed by atoms with E-state index in [1.54, 1.807) is 7.11 Å². The molecule has 0 bridgehead atoms. The largest absolute Gasteiger partial charge is 0.497 e. The van der Waals surface area contributed by atoms with Crippen LogP contribution in [0.5, 0.6) is 5.75 Å². The molecule has 0 aliphatic rings. The van der Waals surface area contributed by atoms with Crippen LogP contribution in [0, 0.1) is 10.1 Å². The van der Waals surface area contributed by atoms with E-state index in [4.69, 9.17) is 4.74 Å². The normalized spacial score (nSPS) is 11.4. The van der Waals surface area contributed by atoms with Gasteiger partial charge in [-0.3, -0.25) is 14.9 Å². The molecule has 160 valence electrons. The molecule has 7 nitrogen and oxygen atoms in total. The van der Waals surface area contributed by atoms with Gasteiger partial charge in [-0.2, -0.15) is 4.99 Å². The molecule has 0 fully saturated rings. The summed E-state index contributed by atoms with van der Waals surface area (Å²) in [6.07, 6.45) is 0. The average Bonchev–Trinajstić information content (AvgIpc) is 3.15. The minimum atomic E-state index is -0.502. The monoisotopic (exact) mass is 445 g/mol. The Labute approximate surface area is 188 Å². The minimum absolute atomic E-state index is 0.0728. The number of carbonyl (C=O) groups excluding carboxylic acids is 1. The number of thiazole rings is 1. The van der Waals surface area contributed by atoms with Gasteiger partial charge in [0.1, 0.15) is 5.75 Å². The van der Waals surface area contributed by atoms with Crippen LogP contribution in [0.4, 0.5) is 5.69 Å². The molecule has 0 atom stereocenters. The smallest absolute Gasteiger partial charge is 0.279 e. The van der Waals surface area contributed by atoms with Crippen LogP contribution in [0.1, 0.15) is 10.4 Å². The van der Waals surface area contributed by atoms with Crippen molar-refractivity contribution in [3.05, 3.63) is 99.3 Å². The third-order valence-electron chi connectivity index (χ3n) is 4.95. The lowest BCUT2D eigenvalue weighted by molar-refractivity contribution is -0.384. The van der Waals surface area contributed by atoms with E-state index in [2.05, 4.69) is 4.99 Å². The molecule has 1 aromatic heterocycles. The molecule has 0 radical (unpaired) electrons. The number of nitro groups is 1. The first-order valence-corrected chi connectivity index (χ1v) is 10.5. The Balaban J connectivity index is 1.83. The van der Waals surface area contributed by atoms with Crippen LogP contribution in [-0.4, -0.2) is 22.5 Å².